The number of fused-ring (bicyclic) bond motifs is 1. The number of hydrogen-bond acceptors (Lipinski definition) is 3. The lowest BCUT2D eigenvalue weighted by Crippen LogP contribution is -2.39. The summed E-state index contributed by atoms with van der Waals surface area (Å²) in [7, 11) is -3.65. The van der Waals surface area contributed by atoms with Gasteiger partial charge in [-0.2, -0.15) is 4.31 Å². The molecule has 1 fully saturated rings. The van der Waals surface area contributed by atoms with Crippen molar-refractivity contribution in [3.8, 4) is 0 Å². The molecule has 1 saturated heterocycles. The molecule has 142 valence electrons. The Morgan fingerprint density at radius 1 is 0.815 bits per heavy atom. The molecule has 0 aromatic heterocycles. The summed E-state index contributed by atoms with van der Waals surface area (Å²) in [6.45, 7) is 2.19. The first-order chi connectivity index (χ1) is 13.1. The molecule has 2 aromatic rings. The standard InChI is InChI=1S/C21H24N2O3S/c24-21(22-15-12-17-8-2-3-9-18(17)16-22)19-10-4-5-11-20(19)27(25,26)23-13-6-1-7-14-23/h2-5,8-11H,1,6-7,12-16H2. The Morgan fingerprint density at radius 3 is 2.26 bits per heavy atom. The van der Waals surface area contributed by atoms with E-state index in [9.17, 15) is 13.2 Å². The maximum absolute atomic E-state index is 13.2. The van der Waals surface area contributed by atoms with Gasteiger partial charge in [0.15, 0.2) is 0 Å². The molecule has 0 N–H and O–H groups in total. The van der Waals surface area contributed by atoms with Crippen LogP contribution in [0.15, 0.2) is 53.4 Å². The van der Waals surface area contributed by atoms with Crippen LogP contribution in [-0.4, -0.2) is 43.2 Å². The van der Waals surface area contributed by atoms with Gasteiger partial charge in [0.1, 0.15) is 0 Å². The predicted octanol–water partition coefficient (Wildman–Crippen LogP) is 3.06. The van der Waals surface area contributed by atoms with Crippen LogP contribution < -0.4 is 0 Å². The summed E-state index contributed by atoms with van der Waals surface area (Å²) in [6, 6.07) is 14.7. The number of nitrogens with zero attached hydrogens (tertiary/aromatic N) is 2. The lowest BCUT2D eigenvalue weighted by molar-refractivity contribution is 0.0730. The molecule has 0 radical (unpaired) electrons. The molecular formula is C21H24N2O3S. The Balaban J connectivity index is 1.64. The van der Waals surface area contributed by atoms with Crippen LogP contribution in [0.1, 0.15) is 40.7 Å². The molecule has 0 aliphatic carbocycles. The molecule has 0 saturated carbocycles. The van der Waals surface area contributed by atoms with Crippen molar-refractivity contribution in [3.05, 3.63) is 65.2 Å². The van der Waals surface area contributed by atoms with E-state index in [4.69, 9.17) is 0 Å². The number of sulfonamides is 1. The normalized spacial score (nSPS) is 18.1. The maximum atomic E-state index is 13.2. The highest BCUT2D eigenvalue weighted by Crippen LogP contribution is 2.26. The van der Waals surface area contributed by atoms with Crippen LogP contribution in [0, 0.1) is 0 Å². The van der Waals surface area contributed by atoms with Crippen LogP contribution in [0.25, 0.3) is 0 Å². The topological polar surface area (TPSA) is 57.7 Å². The van der Waals surface area contributed by atoms with Gasteiger partial charge in [-0.25, -0.2) is 8.42 Å². The van der Waals surface area contributed by atoms with Crippen molar-refractivity contribution in [1.29, 1.82) is 0 Å². The Hall–Kier alpha value is -2.18. The van der Waals surface area contributed by atoms with Gasteiger partial charge in [-0.15, -0.1) is 0 Å². The minimum atomic E-state index is -3.65. The quantitative estimate of drug-likeness (QED) is 0.817. The number of benzene rings is 2. The van der Waals surface area contributed by atoms with Crippen LogP contribution in [0.5, 0.6) is 0 Å². The number of hydrogen-bond donors (Lipinski definition) is 0. The lowest BCUT2D eigenvalue weighted by atomic mass is 9.99. The summed E-state index contributed by atoms with van der Waals surface area (Å²) < 4.78 is 27.8. The molecule has 2 aliphatic rings. The van der Waals surface area contributed by atoms with E-state index in [2.05, 4.69) is 6.07 Å². The fourth-order valence-electron chi connectivity index (χ4n) is 3.95. The van der Waals surface area contributed by atoms with E-state index in [1.165, 1.54) is 9.87 Å². The zero-order valence-electron chi connectivity index (χ0n) is 15.3. The van der Waals surface area contributed by atoms with Crippen molar-refractivity contribution < 1.29 is 13.2 Å². The lowest BCUT2D eigenvalue weighted by Gasteiger charge is -2.30. The minimum absolute atomic E-state index is 0.135. The van der Waals surface area contributed by atoms with Crippen LogP contribution >= 0.6 is 0 Å². The average Bonchev–Trinajstić information content (AvgIpc) is 2.73. The van der Waals surface area contributed by atoms with Gasteiger partial charge in [-0.05, 0) is 42.5 Å². The Morgan fingerprint density at radius 2 is 1.48 bits per heavy atom. The van der Waals surface area contributed by atoms with Crippen molar-refractivity contribution in [2.45, 2.75) is 37.1 Å². The zero-order valence-corrected chi connectivity index (χ0v) is 16.1. The fourth-order valence-corrected chi connectivity index (χ4v) is 5.65. The monoisotopic (exact) mass is 384 g/mol. The summed E-state index contributed by atoms with van der Waals surface area (Å²) >= 11 is 0. The molecule has 0 spiro atoms. The molecule has 6 heteroatoms. The molecule has 0 bridgehead atoms. The molecule has 0 unspecified atom stereocenters. The Labute approximate surface area is 160 Å². The zero-order chi connectivity index (χ0) is 18.9. The minimum Gasteiger partial charge on any atom is -0.334 e. The number of amides is 1. The van der Waals surface area contributed by atoms with Gasteiger partial charge in [0.25, 0.3) is 5.91 Å². The van der Waals surface area contributed by atoms with E-state index in [0.29, 0.717) is 26.2 Å². The Bertz CT molecular complexity index is 949. The summed E-state index contributed by atoms with van der Waals surface area (Å²) in [4.78, 5) is 15.1. The van der Waals surface area contributed by atoms with E-state index in [-0.39, 0.29) is 16.4 Å². The van der Waals surface area contributed by atoms with Crippen molar-refractivity contribution in [3.63, 3.8) is 0 Å². The van der Waals surface area contributed by atoms with E-state index < -0.39 is 10.0 Å². The first-order valence-electron chi connectivity index (χ1n) is 9.52. The van der Waals surface area contributed by atoms with E-state index in [1.807, 2.05) is 18.2 Å². The molecule has 5 nitrogen and oxygen atoms in total. The average molecular weight is 385 g/mol. The molecule has 0 atom stereocenters. The molecule has 1 amide bonds. The van der Waals surface area contributed by atoms with Gasteiger partial charge in [-0.1, -0.05) is 42.8 Å². The second-order valence-corrected chi connectivity index (χ2v) is 9.11. The SMILES string of the molecule is O=C(c1ccccc1S(=O)(=O)N1CCCCC1)N1CCc2ccccc2C1. The van der Waals surface area contributed by atoms with E-state index in [0.717, 1.165) is 31.2 Å². The highest BCUT2D eigenvalue weighted by molar-refractivity contribution is 7.89. The summed E-state index contributed by atoms with van der Waals surface area (Å²) in [5.41, 5.74) is 2.67. The van der Waals surface area contributed by atoms with Gasteiger partial charge >= 0.3 is 0 Å². The van der Waals surface area contributed by atoms with E-state index >= 15 is 0 Å². The van der Waals surface area contributed by atoms with Gasteiger partial charge < -0.3 is 4.90 Å². The highest BCUT2D eigenvalue weighted by atomic mass is 32.2. The van der Waals surface area contributed by atoms with Crippen LogP contribution in [-0.2, 0) is 23.0 Å². The highest BCUT2D eigenvalue weighted by Gasteiger charge is 2.31. The summed E-state index contributed by atoms with van der Waals surface area (Å²) in [5, 5.41) is 0. The molecule has 2 aromatic carbocycles. The molecule has 4 rings (SSSR count). The smallest absolute Gasteiger partial charge is 0.255 e. The third-order valence-corrected chi connectivity index (χ3v) is 7.42. The van der Waals surface area contributed by atoms with Crippen LogP contribution in [0.3, 0.4) is 0 Å². The first kappa shape index (κ1) is 18.2. The number of carbonyl (C=O) groups excluding carboxylic acids is 1. The van der Waals surface area contributed by atoms with Crippen LogP contribution in [0.4, 0.5) is 0 Å². The first-order valence-corrected chi connectivity index (χ1v) is 11.0. The van der Waals surface area contributed by atoms with Crippen molar-refractivity contribution in [1.82, 2.24) is 9.21 Å². The number of carbonyl (C=O) groups is 1. The number of piperidine rings is 1. The van der Waals surface area contributed by atoms with E-state index in [1.54, 1.807) is 29.2 Å². The third kappa shape index (κ3) is 3.51. The molecule has 2 heterocycles. The van der Waals surface area contributed by atoms with Gasteiger partial charge in [0, 0.05) is 26.2 Å². The second-order valence-electron chi connectivity index (χ2n) is 7.21. The predicted molar refractivity (Wildman–Crippen MR) is 104 cm³/mol. The van der Waals surface area contributed by atoms with Gasteiger partial charge in [0.2, 0.25) is 10.0 Å². The van der Waals surface area contributed by atoms with Crippen LogP contribution in [0.2, 0.25) is 0 Å². The maximum Gasteiger partial charge on any atom is 0.255 e. The van der Waals surface area contributed by atoms with Crippen molar-refractivity contribution in [2.24, 2.45) is 0 Å². The summed E-state index contributed by atoms with van der Waals surface area (Å²) in [6.07, 6.45) is 3.60. The van der Waals surface area contributed by atoms with Crippen molar-refractivity contribution >= 4 is 15.9 Å². The fraction of sp³-hybridized carbons (Fsp3) is 0.381. The molecular weight excluding hydrogens is 360 g/mol. The van der Waals surface area contributed by atoms with Crippen molar-refractivity contribution in [2.75, 3.05) is 19.6 Å². The molecule has 2 aliphatic heterocycles. The molecule has 27 heavy (non-hydrogen) atoms. The van der Waals surface area contributed by atoms with Gasteiger partial charge in [0.05, 0.1) is 10.5 Å². The Kier molecular flexibility index (Phi) is 5.02. The summed E-state index contributed by atoms with van der Waals surface area (Å²) in [5.74, 6) is -0.208. The number of rotatable bonds is 3. The second kappa shape index (κ2) is 7.44. The van der Waals surface area contributed by atoms with Gasteiger partial charge in [-0.3, -0.25) is 4.79 Å². The third-order valence-electron chi connectivity index (χ3n) is 5.47. The largest absolute Gasteiger partial charge is 0.334 e.